The van der Waals surface area contributed by atoms with Gasteiger partial charge in [0.15, 0.2) is 0 Å². The molecule has 3 rings (SSSR count). The molecule has 0 saturated heterocycles. The molecule has 1 N–H and O–H groups in total. The molecular formula is C18H13F3N2O2S. The quantitative estimate of drug-likeness (QED) is 0.644. The number of alkyl halides is 3. The first-order chi connectivity index (χ1) is 12.4. The van der Waals surface area contributed by atoms with Crippen LogP contribution in [-0.4, -0.2) is 23.0 Å². The summed E-state index contributed by atoms with van der Waals surface area (Å²) in [5, 5.41) is 3.60. The molecule has 0 aliphatic rings. The van der Waals surface area contributed by atoms with Gasteiger partial charge in [-0.15, -0.1) is 24.9 Å². The second-order valence-corrected chi connectivity index (χ2v) is 6.25. The number of hydrogen-bond acceptors (Lipinski definition) is 4. The minimum absolute atomic E-state index is 0.162. The molecule has 0 atom stereocenters. The maximum atomic E-state index is 12.1. The van der Waals surface area contributed by atoms with E-state index in [1.54, 1.807) is 6.20 Å². The second-order valence-electron chi connectivity index (χ2n) is 5.24. The van der Waals surface area contributed by atoms with Crippen molar-refractivity contribution in [3.05, 3.63) is 60.8 Å². The summed E-state index contributed by atoms with van der Waals surface area (Å²) < 4.78 is 40.2. The first kappa shape index (κ1) is 18.1. The van der Waals surface area contributed by atoms with Crippen molar-refractivity contribution in [1.82, 2.24) is 4.98 Å². The second kappa shape index (κ2) is 7.65. The molecule has 0 radical (unpaired) electrons. The predicted octanol–water partition coefficient (Wildman–Crippen LogP) is 4.86. The Morgan fingerprint density at radius 3 is 2.54 bits per heavy atom. The fourth-order valence-corrected chi connectivity index (χ4v) is 3.12. The van der Waals surface area contributed by atoms with Crippen LogP contribution in [-0.2, 0) is 4.79 Å². The lowest BCUT2D eigenvalue weighted by Crippen LogP contribution is -2.17. The number of fused-ring (bicyclic) bond motifs is 1. The summed E-state index contributed by atoms with van der Waals surface area (Å²) in [4.78, 5) is 17.3. The lowest BCUT2D eigenvalue weighted by molar-refractivity contribution is -0.274. The van der Waals surface area contributed by atoms with E-state index in [0.717, 1.165) is 27.9 Å². The number of nitrogens with zero attached hydrogens (tertiary/aromatic N) is 1. The summed E-state index contributed by atoms with van der Waals surface area (Å²) in [6, 6.07) is 14.5. The zero-order chi connectivity index (χ0) is 18.6. The average molecular weight is 378 g/mol. The molecule has 0 aliphatic carbocycles. The summed E-state index contributed by atoms with van der Waals surface area (Å²) in [5.41, 5.74) is 1.24. The average Bonchev–Trinajstić information content (AvgIpc) is 2.60. The van der Waals surface area contributed by atoms with Gasteiger partial charge in [0.1, 0.15) is 5.75 Å². The molecule has 1 heterocycles. The van der Waals surface area contributed by atoms with Crippen LogP contribution in [0, 0.1) is 0 Å². The van der Waals surface area contributed by atoms with Crippen LogP contribution in [0.25, 0.3) is 10.9 Å². The van der Waals surface area contributed by atoms with Gasteiger partial charge in [0, 0.05) is 22.2 Å². The highest BCUT2D eigenvalue weighted by Gasteiger charge is 2.30. The highest BCUT2D eigenvalue weighted by atomic mass is 32.2. The van der Waals surface area contributed by atoms with E-state index in [1.807, 2.05) is 30.3 Å². The number of ether oxygens (including phenoxy) is 1. The van der Waals surface area contributed by atoms with Gasteiger partial charge in [-0.3, -0.25) is 9.78 Å². The lowest BCUT2D eigenvalue weighted by Gasteiger charge is -2.10. The number of halogens is 3. The zero-order valence-electron chi connectivity index (χ0n) is 13.3. The summed E-state index contributed by atoms with van der Waals surface area (Å²) in [7, 11) is 0. The molecule has 0 fully saturated rings. The number of amides is 1. The van der Waals surface area contributed by atoms with E-state index >= 15 is 0 Å². The van der Waals surface area contributed by atoms with Crippen LogP contribution in [0.5, 0.6) is 5.75 Å². The van der Waals surface area contributed by atoms with Gasteiger partial charge in [-0.05, 0) is 36.4 Å². The van der Waals surface area contributed by atoms with Gasteiger partial charge in [-0.1, -0.05) is 18.2 Å². The number of thioether (sulfide) groups is 1. The van der Waals surface area contributed by atoms with Crippen molar-refractivity contribution < 1.29 is 22.7 Å². The fourth-order valence-electron chi connectivity index (χ4n) is 2.28. The summed E-state index contributed by atoms with van der Waals surface area (Å²) in [5.74, 6) is -0.442. The number of para-hydroxylation sites is 1. The predicted molar refractivity (Wildman–Crippen MR) is 94.2 cm³/mol. The van der Waals surface area contributed by atoms with Crippen LogP contribution in [0.2, 0.25) is 0 Å². The van der Waals surface area contributed by atoms with E-state index in [2.05, 4.69) is 15.0 Å². The number of anilines is 1. The highest BCUT2D eigenvalue weighted by Crippen LogP contribution is 2.27. The standard InChI is InChI=1S/C18H13F3N2O2S/c19-18(20,21)25-13-7-5-12(6-8-13)23-17(24)11-26-16-9-10-22-15-4-2-1-3-14(15)16/h1-10H,11H2,(H,23,24). The third-order valence-electron chi connectivity index (χ3n) is 3.34. The summed E-state index contributed by atoms with van der Waals surface area (Å²) in [6.07, 6.45) is -3.06. The van der Waals surface area contributed by atoms with Gasteiger partial charge < -0.3 is 10.1 Å². The van der Waals surface area contributed by atoms with Crippen LogP contribution < -0.4 is 10.1 Å². The highest BCUT2D eigenvalue weighted by molar-refractivity contribution is 8.00. The Labute approximate surface area is 151 Å². The molecule has 4 nitrogen and oxygen atoms in total. The Balaban J connectivity index is 1.59. The number of carbonyl (C=O) groups excluding carboxylic acids is 1. The van der Waals surface area contributed by atoms with Gasteiger partial charge in [0.25, 0.3) is 0 Å². The minimum Gasteiger partial charge on any atom is -0.406 e. The monoisotopic (exact) mass is 378 g/mol. The largest absolute Gasteiger partial charge is 0.573 e. The molecule has 134 valence electrons. The minimum atomic E-state index is -4.74. The molecule has 0 saturated carbocycles. The Morgan fingerprint density at radius 1 is 1.08 bits per heavy atom. The SMILES string of the molecule is O=C(CSc1ccnc2ccccc12)Nc1ccc(OC(F)(F)F)cc1. The third-order valence-corrected chi connectivity index (χ3v) is 4.41. The maximum absolute atomic E-state index is 12.1. The molecule has 1 amide bonds. The number of rotatable bonds is 5. The van der Waals surface area contributed by atoms with Crippen LogP contribution in [0.1, 0.15) is 0 Å². The molecule has 0 unspecified atom stereocenters. The van der Waals surface area contributed by atoms with E-state index < -0.39 is 6.36 Å². The van der Waals surface area contributed by atoms with Gasteiger partial charge in [-0.2, -0.15) is 0 Å². The molecule has 0 bridgehead atoms. The topological polar surface area (TPSA) is 51.2 Å². The van der Waals surface area contributed by atoms with E-state index in [4.69, 9.17) is 0 Å². The maximum Gasteiger partial charge on any atom is 0.573 e. The zero-order valence-corrected chi connectivity index (χ0v) is 14.1. The van der Waals surface area contributed by atoms with Crippen molar-refractivity contribution >= 4 is 34.3 Å². The molecule has 2 aromatic carbocycles. The first-order valence-corrected chi connectivity index (χ1v) is 8.51. The summed E-state index contributed by atoms with van der Waals surface area (Å²) >= 11 is 1.36. The Hall–Kier alpha value is -2.74. The van der Waals surface area contributed by atoms with Crippen molar-refractivity contribution in [2.24, 2.45) is 0 Å². The number of hydrogen-bond donors (Lipinski definition) is 1. The van der Waals surface area contributed by atoms with Gasteiger partial charge in [0.2, 0.25) is 5.91 Å². The Morgan fingerprint density at radius 2 is 1.81 bits per heavy atom. The van der Waals surface area contributed by atoms with E-state index in [-0.39, 0.29) is 17.4 Å². The van der Waals surface area contributed by atoms with Crippen molar-refractivity contribution in [1.29, 1.82) is 0 Å². The van der Waals surface area contributed by atoms with E-state index in [0.29, 0.717) is 5.69 Å². The van der Waals surface area contributed by atoms with Crippen molar-refractivity contribution in [2.75, 3.05) is 11.1 Å². The van der Waals surface area contributed by atoms with Crippen molar-refractivity contribution in [3.8, 4) is 5.75 Å². The van der Waals surface area contributed by atoms with E-state index in [9.17, 15) is 18.0 Å². The first-order valence-electron chi connectivity index (χ1n) is 7.53. The normalized spacial score (nSPS) is 11.3. The number of aromatic nitrogens is 1. The summed E-state index contributed by atoms with van der Waals surface area (Å²) in [6.45, 7) is 0. The van der Waals surface area contributed by atoms with Crippen LogP contribution in [0.3, 0.4) is 0 Å². The van der Waals surface area contributed by atoms with E-state index in [1.165, 1.54) is 23.9 Å². The molecule has 0 aliphatic heterocycles. The molecule has 26 heavy (non-hydrogen) atoms. The number of carbonyl (C=O) groups is 1. The fraction of sp³-hybridized carbons (Fsp3) is 0.111. The van der Waals surface area contributed by atoms with Crippen molar-refractivity contribution in [2.45, 2.75) is 11.3 Å². The number of benzene rings is 2. The number of pyridine rings is 1. The van der Waals surface area contributed by atoms with Crippen LogP contribution in [0.4, 0.5) is 18.9 Å². The van der Waals surface area contributed by atoms with Gasteiger partial charge in [0.05, 0.1) is 11.3 Å². The molecular weight excluding hydrogens is 365 g/mol. The smallest absolute Gasteiger partial charge is 0.406 e. The Bertz CT molecular complexity index is 909. The van der Waals surface area contributed by atoms with Crippen molar-refractivity contribution in [3.63, 3.8) is 0 Å². The van der Waals surface area contributed by atoms with Gasteiger partial charge >= 0.3 is 6.36 Å². The van der Waals surface area contributed by atoms with Crippen LogP contribution >= 0.6 is 11.8 Å². The third kappa shape index (κ3) is 4.89. The number of nitrogens with one attached hydrogen (secondary N) is 1. The van der Waals surface area contributed by atoms with Crippen LogP contribution in [0.15, 0.2) is 65.7 Å². The lowest BCUT2D eigenvalue weighted by atomic mass is 10.2. The molecule has 0 spiro atoms. The Kier molecular flexibility index (Phi) is 5.32. The molecule has 8 heteroatoms. The molecule has 1 aromatic heterocycles. The molecule has 3 aromatic rings. The van der Waals surface area contributed by atoms with Gasteiger partial charge in [-0.25, -0.2) is 0 Å².